The number of benzene rings is 3. The van der Waals surface area contributed by atoms with Crippen LogP contribution in [0.25, 0.3) is 32.4 Å². The van der Waals surface area contributed by atoms with Gasteiger partial charge in [-0.15, -0.1) is 0 Å². The van der Waals surface area contributed by atoms with Gasteiger partial charge in [0.2, 0.25) is 0 Å². The Kier molecular flexibility index (Phi) is 5.02. The molecule has 152 valence electrons. The molecule has 0 aliphatic rings. The van der Waals surface area contributed by atoms with Gasteiger partial charge in [0, 0.05) is 16.0 Å². The summed E-state index contributed by atoms with van der Waals surface area (Å²) < 4.78 is 6.20. The van der Waals surface area contributed by atoms with Crippen molar-refractivity contribution in [2.45, 2.75) is 0 Å². The van der Waals surface area contributed by atoms with Gasteiger partial charge in [0.15, 0.2) is 5.13 Å². The molecule has 5 nitrogen and oxygen atoms in total. The molecule has 1 amide bonds. The third-order valence-electron chi connectivity index (χ3n) is 4.93. The summed E-state index contributed by atoms with van der Waals surface area (Å²) in [5.41, 5.74) is 3.45. The van der Waals surface area contributed by atoms with Gasteiger partial charge < -0.3 is 4.74 Å². The number of nitrogens with zero attached hydrogens (tertiary/aromatic N) is 2. The van der Waals surface area contributed by atoms with Crippen LogP contribution in [0, 0.1) is 0 Å². The Balaban J connectivity index is 1.57. The number of hydrogen-bond acceptors (Lipinski definition) is 5. The first-order valence-electron chi connectivity index (χ1n) is 9.53. The van der Waals surface area contributed by atoms with E-state index in [0.717, 1.165) is 32.4 Å². The van der Waals surface area contributed by atoms with Gasteiger partial charge >= 0.3 is 0 Å². The van der Waals surface area contributed by atoms with Crippen molar-refractivity contribution in [1.82, 2.24) is 9.97 Å². The number of thiazole rings is 1. The molecule has 3 aromatic carbocycles. The van der Waals surface area contributed by atoms with Gasteiger partial charge in [-0.1, -0.05) is 59.3 Å². The summed E-state index contributed by atoms with van der Waals surface area (Å²) in [5.74, 6) is 0.497. The number of hydrogen-bond donors (Lipinski definition) is 1. The van der Waals surface area contributed by atoms with E-state index in [0.29, 0.717) is 21.4 Å². The number of para-hydroxylation sites is 1. The second kappa shape index (κ2) is 7.98. The summed E-state index contributed by atoms with van der Waals surface area (Å²) in [6.07, 6.45) is 0. The second-order valence-corrected chi connectivity index (χ2v) is 8.30. The smallest absolute Gasteiger partial charge is 0.258 e. The largest absolute Gasteiger partial charge is 0.497 e. The maximum absolute atomic E-state index is 13.3. The number of amides is 1. The first-order chi connectivity index (χ1) is 15.1. The van der Waals surface area contributed by atoms with Crippen molar-refractivity contribution in [1.29, 1.82) is 0 Å². The van der Waals surface area contributed by atoms with Gasteiger partial charge in [-0.2, -0.15) is 0 Å². The highest BCUT2D eigenvalue weighted by atomic mass is 35.5. The average Bonchev–Trinajstić information content (AvgIpc) is 3.19. The summed E-state index contributed by atoms with van der Waals surface area (Å²) in [6, 6.07) is 22.4. The van der Waals surface area contributed by atoms with E-state index in [4.69, 9.17) is 21.3 Å². The van der Waals surface area contributed by atoms with E-state index in [2.05, 4.69) is 10.3 Å². The zero-order chi connectivity index (χ0) is 21.4. The van der Waals surface area contributed by atoms with E-state index in [1.807, 2.05) is 66.7 Å². The molecule has 0 unspecified atom stereocenters. The van der Waals surface area contributed by atoms with Crippen LogP contribution in [0.4, 0.5) is 5.13 Å². The minimum atomic E-state index is -0.252. The summed E-state index contributed by atoms with van der Waals surface area (Å²) in [7, 11) is 1.62. The summed E-state index contributed by atoms with van der Waals surface area (Å²) in [5, 5.41) is 4.80. The maximum atomic E-state index is 13.3. The first kappa shape index (κ1) is 19.5. The van der Waals surface area contributed by atoms with Crippen molar-refractivity contribution in [3.05, 3.63) is 83.4 Å². The normalized spacial score (nSPS) is 11.0. The molecule has 5 aromatic rings. The predicted molar refractivity (Wildman–Crippen MR) is 126 cm³/mol. The standard InChI is InChI=1S/C24H16ClN3O2S/c1-30-14-10-11-20-22(12-14)31-24(27-20)28-23(29)17-13-21(16-7-2-4-8-18(16)25)26-19-9-5-3-6-15(17)19/h2-13H,1H3,(H,27,28,29). The van der Waals surface area contributed by atoms with E-state index in [9.17, 15) is 4.79 Å². The Morgan fingerprint density at radius 1 is 0.968 bits per heavy atom. The predicted octanol–water partition coefficient (Wildman–Crippen LogP) is 6.43. The van der Waals surface area contributed by atoms with Crippen LogP contribution in [0.1, 0.15) is 10.4 Å². The fraction of sp³-hybridized carbons (Fsp3) is 0.0417. The Bertz CT molecular complexity index is 1450. The number of nitrogens with one attached hydrogen (secondary N) is 1. The lowest BCUT2D eigenvalue weighted by molar-refractivity contribution is 0.102. The van der Waals surface area contributed by atoms with Crippen molar-refractivity contribution in [3.63, 3.8) is 0 Å². The van der Waals surface area contributed by atoms with Crippen LogP contribution in [0.15, 0.2) is 72.8 Å². The highest BCUT2D eigenvalue weighted by molar-refractivity contribution is 7.22. The Morgan fingerprint density at radius 3 is 2.61 bits per heavy atom. The molecule has 0 aliphatic carbocycles. The highest BCUT2D eigenvalue weighted by Gasteiger charge is 2.17. The molecule has 0 saturated carbocycles. The van der Waals surface area contributed by atoms with Crippen LogP contribution in [0.2, 0.25) is 5.02 Å². The number of fused-ring (bicyclic) bond motifs is 2. The Hall–Kier alpha value is -3.48. The molecule has 1 N–H and O–H groups in total. The van der Waals surface area contributed by atoms with Crippen LogP contribution in [-0.4, -0.2) is 23.0 Å². The molecule has 0 bridgehead atoms. The summed E-state index contributed by atoms with van der Waals surface area (Å²) >= 11 is 7.78. The lowest BCUT2D eigenvalue weighted by Crippen LogP contribution is -2.13. The quantitative estimate of drug-likeness (QED) is 0.346. The summed E-state index contributed by atoms with van der Waals surface area (Å²) in [6.45, 7) is 0. The molecule has 7 heteroatoms. The molecule has 0 aliphatic heterocycles. The van der Waals surface area contributed by atoms with Crippen molar-refractivity contribution in [2.24, 2.45) is 0 Å². The van der Waals surface area contributed by atoms with Crippen molar-refractivity contribution in [2.75, 3.05) is 12.4 Å². The molecular formula is C24H16ClN3O2S. The van der Waals surface area contributed by atoms with Gasteiger partial charge in [0.1, 0.15) is 5.75 Å². The molecule has 2 heterocycles. The molecule has 0 saturated heterocycles. The van der Waals surface area contributed by atoms with Crippen LogP contribution < -0.4 is 10.1 Å². The number of carbonyl (C=O) groups is 1. The zero-order valence-corrected chi connectivity index (χ0v) is 18.0. The lowest BCUT2D eigenvalue weighted by Gasteiger charge is -2.10. The zero-order valence-electron chi connectivity index (χ0n) is 16.4. The Morgan fingerprint density at radius 2 is 1.77 bits per heavy atom. The number of ether oxygens (including phenoxy) is 1. The van der Waals surface area contributed by atoms with E-state index in [1.165, 1.54) is 11.3 Å². The molecule has 2 aromatic heterocycles. The minimum Gasteiger partial charge on any atom is -0.497 e. The van der Waals surface area contributed by atoms with E-state index in [-0.39, 0.29) is 5.91 Å². The van der Waals surface area contributed by atoms with Crippen LogP contribution in [0.3, 0.4) is 0 Å². The number of pyridine rings is 1. The molecule has 0 atom stereocenters. The lowest BCUT2D eigenvalue weighted by atomic mass is 10.0. The van der Waals surface area contributed by atoms with E-state index < -0.39 is 0 Å². The monoisotopic (exact) mass is 445 g/mol. The van der Waals surface area contributed by atoms with Crippen LogP contribution in [-0.2, 0) is 0 Å². The fourth-order valence-electron chi connectivity index (χ4n) is 3.42. The first-order valence-corrected chi connectivity index (χ1v) is 10.7. The molecule has 0 radical (unpaired) electrons. The number of halogens is 1. The number of methoxy groups -OCH3 is 1. The van der Waals surface area contributed by atoms with Gasteiger partial charge in [0.25, 0.3) is 5.91 Å². The third kappa shape index (κ3) is 3.71. The molecule has 31 heavy (non-hydrogen) atoms. The van der Waals surface area contributed by atoms with Gasteiger partial charge in [-0.05, 0) is 36.4 Å². The summed E-state index contributed by atoms with van der Waals surface area (Å²) in [4.78, 5) is 22.5. The molecule has 0 fully saturated rings. The van der Waals surface area contributed by atoms with Gasteiger partial charge in [-0.25, -0.2) is 9.97 Å². The highest BCUT2D eigenvalue weighted by Crippen LogP contribution is 2.32. The number of anilines is 1. The van der Waals surface area contributed by atoms with Crippen molar-refractivity contribution < 1.29 is 9.53 Å². The average molecular weight is 446 g/mol. The topological polar surface area (TPSA) is 64.1 Å². The maximum Gasteiger partial charge on any atom is 0.258 e. The molecule has 5 rings (SSSR count). The number of carbonyl (C=O) groups excluding carboxylic acids is 1. The minimum absolute atomic E-state index is 0.252. The Labute approximate surface area is 187 Å². The van der Waals surface area contributed by atoms with Crippen LogP contribution in [0.5, 0.6) is 5.75 Å². The van der Waals surface area contributed by atoms with E-state index in [1.54, 1.807) is 13.2 Å². The molecule has 0 spiro atoms. The molecular weight excluding hydrogens is 430 g/mol. The third-order valence-corrected chi connectivity index (χ3v) is 6.19. The fourth-order valence-corrected chi connectivity index (χ4v) is 4.54. The van der Waals surface area contributed by atoms with Crippen LogP contribution >= 0.6 is 22.9 Å². The SMILES string of the molecule is COc1ccc2nc(NC(=O)c3cc(-c4ccccc4Cl)nc4ccccc34)sc2c1. The number of aromatic nitrogens is 2. The van der Waals surface area contributed by atoms with Crippen molar-refractivity contribution in [3.8, 4) is 17.0 Å². The van der Waals surface area contributed by atoms with Crippen molar-refractivity contribution >= 4 is 55.1 Å². The van der Waals surface area contributed by atoms with Gasteiger partial charge in [-0.3, -0.25) is 10.1 Å². The van der Waals surface area contributed by atoms with Gasteiger partial charge in [0.05, 0.1) is 34.1 Å². The van der Waals surface area contributed by atoms with E-state index >= 15 is 0 Å². The number of rotatable bonds is 4. The second-order valence-electron chi connectivity index (χ2n) is 6.86.